The molecule has 2 N–H and O–H groups in total. The van der Waals surface area contributed by atoms with Gasteiger partial charge in [-0.1, -0.05) is 18.5 Å². The maximum atomic E-state index is 11.9. The Morgan fingerprint density at radius 2 is 2.06 bits per heavy atom. The number of rotatable bonds is 5. The van der Waals surface area contributed by atoms with E-state index in [4.69, 9.17) is 11.6 Å². The van der Waals surface area contributed by atoms with Crippen molar-refractivity contribution in [3.8, 4) is 0 Å². The summed E-state index contributed by atoms with van der Waals surface area (Å²) < 4.78 is 0. The topological polar surface area (TPSA) is 49.3 Å². The zero-order valence-corrected chi connectivity index (χ0v) is 11.8. The summed E-state index contributed by atoms with van der Waals surface area (Å²) in [5.74, 6) is 0.118. The van der Waals surface area contributed by atoms with E-state index in [0.29, 0.717) is 23.6 Å². The number of aliphatic hydroxyl groups excluding tert-OH is 1. The smallest absolute Gasteiger partial charge is 0.251 e. The molecule has 0 aliphatic rings. The number of nitrogens with one attached hydrogen (secondary N) is 1. The molecular weight excluding hydrogens is 250 g/mol. The van der Waals surface area contributed by atoms with Crippen LogP contribution in [-0.2, 0) is 0 Å². The molecule has 18 heavy (non-hydrogen) atoms. The number of hydrogen-bond donors (Lipinski definition) is 2. The van der Waals surface area contributed by atoms with Gasteiger partial charge >= 0.3 is 0 Å². The molecule has 0 spiro atoms. The predicted octanol–water partition coefficient (Wildman–Crippen LogP) is 2.79. The summed E-state index contributed by atoms with van der Waals surface area (Å²) in [5.41, 5.74) is 1.54. The van der Waals surface area contributed by atoms with Gasteiger partial charge in [0.15, 0.2) is 0 Å². The van der Waals surface area contributed by atoms with Crippen LogP contribution < -0.4 is 5.32 Å². The molecule has 1 aromatic rings. The van der Waals surface area contributed by atoms with Crippen LogP contribution in [0.15, 0.2) is 18.2 Å². The van der Waals surface area contributed by atoms with Crippen LogP contribution >= 0.6 is 11.6 Å². The van der Waals surface area contributed by atoms with Crippen molar-refractivity contribution in [3.05, 3.63) is 34.3 Å². The van der Waals surface area contributed by atoms with Gasteiger partial charge in [0.25, 0.3) is 5.91 Å². The Morgan fingerprint density at radius 1 is 1.39 bits per heavy atom. The Morgan fingerprint density at radius 3 is 2.61 bits per heavy atom. The molecule has 0 bridgehead atoms. The fraction of sp³-hybridized carbons (Fsp3) is 0.500. The molecule has 4 heteroatoms. The molecule has 0 aromatic heterocycles. The molecule has 0 saturated heterocycles. The van der Waals surface area contributed by atoms with Gasteiger partial charge in [-0.15, -0.1) is 0 Å². The summed E-state index contributed by atoms with van der Waals surface area (Å²) in [6, 6.07) is 5.28. The second kappa shape index (κ2) is 6.76. The molecular formula is C14H20ClNO2. The summed E-state index contributed by atoms with van der Waals surface area (Å²) in [6.07, 6.45) is 0.333. The fourth-order valence-corrected chi connectivity index (χ4v) is 2.19. The van der Waals surface area contributed by atoms with Crippen LogP contribution in [0.3, 0.4) is 0 Å². The van der Waals surface area contributed by atoms with E-state index in [0.717, 1.165) is 5.56 Å². The van der Waals surface area contributed by atoms with Gasteiger partial charge in [0.05, 0.1) is 6.10 Å². The maximum Gasteiger partial charge on any atom is 0.251 e. The third kappa shape index (κ3) is 5.07. The van der Waals surface area contributed by atoms with Crippen molar-refractivity contribution in [2.45, 2.75) is 33.3 Å². The summed E-state index contributed by atoms with van der Waals surface area (Å²) in [7, 11) is 0. The SMILES string of the molecule is Cc1cc(Cl)cc(C(=O)NCC(C)CC(C)O)c1. The van der Waals surface area contributed by atoms with E-state index >= 15 is 0 Å². The normalized spacial score (nSPS) is 14.1. The highest BCUT2D eigenvalue weighted by Gasteiger charge is 2.10. The van der Waals surface area contributed by atoms with Gasteiger partial charge in [0.1, 0.15) is 0 Å². The van der Waals surface area contributed by atoms with E-state index in [2.05, 4.69) is 5.32 Å². The van der Waals surface area contributed by atoms with Crippen molar-refractivity contribution in [1.29, 1.82) is 0 Å². The highest BCUT2D eigenvalue weighted by atomic mass is 35.5. The highest BCUT2D eigenvalue weighted by Crippen LogP contribution is 2.14. The summed E-state index contributed by atoms with van der Waals surface area (Å²) >= 11 is 5.91. The lowest BCUT2D eigenvalue weighted by Crippen LogP contribution is -2.29. The number of aryl methyl sites for hydroxylation is 1. The van der Waals surface area contributed by atoms with Crippen molar-refractivity contribution < 1.29 is 9.90 Å². The molecule has 1 aromatic carbocycles. The Labute approximate surface area is 113 Å². The van der Waals surface area contributed by atoms with E-state index < -0.39 is 0 Å². The van der Waals surface area contributed by atoms with E-state index in [1.807, 2.05) is 19.9 Å². The van der Waals surface area contributed by atoms with Gasteiger partial charge in [-0.3, -0.25) is 4.79 Å². The quantitative estimate of drug-likeness (QED) is 0.864. The predicted molar refractivity (Wildman–Crippen MR) is 74.0 cm³/mol. The monoisotopic (exact) mass is 269 g/mol. The average molecular weight is 270 g/mol. The van der Waals surface area contributed by atoms with Gasteiger partial charge in [-0.25, -0.2) is 0 Å². The Kier molecular flexibility index (Phi) is 5.63. The van der Waals surface area contributed by atoms with Gasteiger partial charge in [0.2, 0.25) is 0 Å². The second-order valence-corrected chi connectivity index (χ2v) is 5.35. The van der Waals surface area contributed by atoms with Crippen molar-refractivity contribution in [1.82, 2.24) is 5.32 Å². The number of benzene rings is 1. The molecule has 3 nitrogen and oxygen atoms in total. The minimum absolute atomic E-state index is 0.127. The van der Waals surface area contributed by atoms with Crippen LogP contribution in [0.25, 0.3) is 0 Å². The van der Waals surface area contributed by atoms with E-state index in [1.54, 1.807) is 19.1 Å². The molecule has 0 heterocycles. The lowest BCUT2D eigenvalue weighted by atomic mass is 10.0. The van der Waals surface area contributed by atoms with Gasteiger partial charge < -0.3 is 10.4 Å². The van der Waals surface area contributed by atoms with Crippen LogP contribution in [0.5, 0.6) is 0 Å². The zero-order valence-electron chi connectivity index (χ0n) is 11.0. The molecule has 100 valence electrons. The van der Waals surface area contributed by atoms with Gasteiger partial charge in [0, 0.05) is 17.1 Å². The van der Waals surface area contributed by atoms with Crippen LogP contribution in [-0.4, -0.2) is 23.7 Å². The standard InChI is InChI=1S/C14H20ClNO2/c1-9-5-12(7-13(15)6-9)14(18)16-8-10(2)4-11(3)17/h5-7,10-11,17H,4,8H2,1-3H3,(H,16,18). The van der Waals surface area contributed by atoms with Crippen LogP contribution in [0.2, 0.25) is 5.02 Å². The first-order chi connectivity index (χ1) is 8.38. The first kappa shape index (κ1) is 15.0. The van der Waals surface area contributed by atoms with Crippen molar-refractivity contribution >= 4 is 17.5 Å². The van der Waals surface area contributed by atoms with E-state index in [1.165, 1.54) is 0 Å². The molecule has 0 aliphatic heterocycles. The number of carbonyl (C=O) groups is 1. The third-order valence-electron chi connectivity index (χ3n) is 2.66. The van der Waals surface area contributed by atoms with Crippen molar-refractivity contribution in [2.24, 2.45) is 5.92 Å². The van der Waals surface area contributed by atoms with Crippen LogP contribution in [0.4, 0.5) is 0 Å². The fourth-order valence-electron chi connectivity index (χ4n) is 1.90. The molecule has 2 atom stereocenters. The van der Waals surface area contributed by atoms with Crippen LogP contribution in [0.1, 0.15) is 36.2 Å². The minimum atomic E-state index is -0.342. The summed E-state index contributed by atoms with van der Waals surface area (Å²) in [4.78, 5) is 11.9. The first-order valence-electron chi connectivity index (χ1n) is 6.12. The number of halogens is 1. The van der Waals surface area contributed by atoms with Crippen molar-refractivity contribution in [2.75, 3.05) is 6.54 Å². The Balaban J connectivity index is 2.55. The first-order valence-corrected chi connectivity index (χ1v) is 6.49. The lowest BCUT2D eigenvalue weighted by Gasteiger charge is -2.14. The van der Waals surface area contributed by atoms with Gasteiger partial charge in [-0.05, 0) is 49.9 Å². The maximum absolute atomic E-state index is 11.9. The number of aliphatic hydroxyl groups is 1. The van der Waals surface area contributed by atoms with Crippen molar-refractivity contribution in [3.63, 3.8) is 0 Å². The summed E-state index contributed by atoms with van der Waals surface area (Å²) in [6.45, 7) is 6.20. The summed E-state index contributed by atoms with van der Waals surface area (Å²) in [5, 5.41) is 12.7. The zero-order chi connectivity index (χ0) is 13.7. The third-order valence-corrected chi connectivity index (χ3v) is 2.88. The van der Waals surface area contributed by atoms with Crippen LogP contribution in [0, 0.1) is 12.8 Å². The average Bonchev–Trinajstić information content (AvgIpc) is 2.23. The van der Waals surface area contributed by atoms with E-state index in [9.17, 15) is 9.90 Å². The van der Waals surface area contributed by atoms with Gasteiger partial charge in [-0.2, -0.15) is 0 Å². The second-order valence-electron chi connectivity index (χ2n) is 4.92. The minimum Gasteiger partial charge on any atom is -0.393 e. The molecule has 0 radical (unpaired) electrons. The Hall–Kier alpha value is -1.06. The molecule has 2 unspecified atom stereocenters. The Bertz CT molecular complexity index is 398. The number of hydrogen-bond acceptors (Lipinski definition) is 2. The molecule has 0 fully saturated rings. The number of carbonyl (C=O) groups excluding carboxylic acids is 1. The van der Waals surface area contributed by atoms with E-state index in [-0.39, 0.29) is 17.9 Å². The number of amides is 1. The molecule has 1 amide bonds. The molecule has 0 saturated carbocycles. The highest BCUT2D eigenvalue weighted by molar-refractivity contribution is 6.31. The largest absolute Gasteiger partial charge is 0.393 e. The lowest BCUT2D eigenvalue weighted by molar-refractivity contribution is 0.0939. The molecule has 1 rings (SSSR count). The molecule has 0 aliphatic carbocycles.